The molecule has 0 saturated carbocycles. The molecule has 1 atom stereocenters. The number of esters is 1. The minimum Gasteiger partial charge on any atom is -0.457 e. The number of hydrogen-bond acceptors (Lipinski definition) is 8. The van der Waals surface area contributed by atoms with Crippen LogP contribution in [0, 0.1) is 12.3 Å². The van der Waals surface area contributed by atoms with Gasteiger partial charge in [0.15, 0.2) is 0 Å². The Kier molecular flexibility index (Phi) is 5.77. The van der Waals surface area contributed by atoms with Crippen molar-refractivity contribution in [3.05, 3.63) is 46.6 Å². The lowest BCUT2D eigenvalue weighted by Crippen LogP contribution is -2.45. The number of amides is 1. The van der Waals surface area contributed by atoms with Crippen LogP contribution in [-0.2, 0) is 16.1 Å². The Morgan fingerprint density at radius 1 is 1.15 bits per heavy atom. The molecule has 2 fully saturated rings. The van der Waals surface area contributed by atoms with Crippen LogP contribution in [0.15, 0.2) is 24.4 Å². The molecule has 9 nitrogen and oxygen atoms in total. The van der Waals surface area contributed by atoms with Gasteiger partial charge >= 0.3 is 5.97 Å². The second kappa shape index (κ2) is 8.63. The largest absolute Gasteiger partial charge is 0.457 e. The number of cyclic esters (lactones) is 1. The maximum Gasteiger partial charge on any atom is 0.338 e. The molecule has 0 aliphatic carbocycles. The minimum atomic E-state index is -0.656. The van der Waals surface area contributed by atoms with Gasteiger partial charge in [0.05, 0.1) is 17.1 Å². The number of aromatic nitrogens is 2. The Morgan fingerprint density at radius 3 is 2.62 bits per heavy atom. The zero-order valence-corrected chi connectivity index (χ0v) is 20.0. The lowest BCUT2D eigenvalue weighted by molar-refractivity contribution is -0.128. The molecule has 9 heteroatoms. The number of β-amino-alcohol motifs (C(OH)–C–C–N with tert-alkyl or cyclic N) is 1. The second-order valence-corrected chi connectivity index (χ2v) is 9.79. The standard InChI is InChI=1S/C25H31N5O4/c1-16-17(4-5-18-19(16)15-34-22(18)32)20(31)14-29-11-7-25(8-12-29)9-13-30(23(25)33)21-6-10-26-24(27-21)28(2)3/h4-6,10,20,31H,7-9,11-15H2,1-3H3/t20-/m0/s1. The highest BCUT2D eigenvalue weighted by Gasteiger charge is 2.49. The molecular weight excluding hydrogens is 434 g/mol. The molecule has 1 amide bonds. The number of nitrogens with zero attached hydrogens (tertiary/aromatic N) is 5. The van der Waals surface area contributed by atoms with E-state index >= 15 is 0 Å². The van der Waals surface area contributed by atoms with Gasteiger partial charge in [-0.3, -0.25) is 9.69 Å². The summed E-state index contributed by atoms with van der Waals surface area (Å²) in [6.07, 6.45) is 3.40. The third kappa shape index (κ3) is 3.82. The zero-order chi connectivity index (χ0) is 24.0. The van der Waals surface area contributed by atoms with E-state index in [1.807, 2.05) is 32.0 Å². The molecule has 180 valence electrons. The highest BCUT2D eigenvalue weighted by molar-refractivity contribution is 5.99. The molecule has 4 heterocycles. The number of fused-ring (bicyclic) bond motifs is 1. The summed E-state index contributed by atoms with van der Waals surface area (Å²) < 4.78 is 5.13. The van der Waals surface area contributed by atoms with Crippen LogP contribution in [0.25, 0.3) is 0 Å². The summed E-state index contributed by atoms with van der Waals surface area (Å²) >= 11 is 0. The number of anilines is 2. The van der Waals surface area contributed by atoms with E-state index < -0.39 is 6.10 Å². The first-order chi connectivity index (χ1) is 16.3. The number of carbonyl (C=O) groups is 2. The number of likely N-dealkylation sites (tertiary alicyclic amines) is 1. The van der Waals surface area contributed by atoms with Gasteiger partial charge in [-0.15, -0.1) is 0 Å². The van der Waals surface area contributed by atoms with Gasteiger partial charge in [0, 0.05) is 38.9 Å². The van der Waals surface area contributed by atoms with Gasteiger partial charge in [0.1, 0.15) is 12.4 Å². The third-order valence-corrected chi connectivity index (χ3v) is 7.63. The average molecular weight is 466 g/mol. The summed E-state index contributed by atoms with van der Waals surface area (Å²) in [6, 6.07) is 5.38. The summed E-state index contributed by atoms with van der Waals surface area (Å²) in [7, 11) is 3.77. The van der Waals surface area contributed by atoms with Crippen molar-refractivity contribution in [2.45, 2.75) is 38.9 Å². The molecular formula is C25H31N5O4. The van der Waals surface area contributed by atoms with Crippen molar-refractivity contribution in [2.75, 3.05) is 50.1 Å². The van der Waals surface area contributed by atoms with Crippen LogP contribution in [0.1, 0.15) is 52.4 Å². The lowest BCUT2D eigenvalue weighted by Gasteiger charge is -2.38. The predicted molar refractivity (Wildman–Crippen MR) is 127 cm³/mol. The van der Waals surface area contributed by atoms with Crippen LogP contribution in [-0.4, -0.2) is 72.1 Å². The van der Waals surface area contributed by atoms with E-state index in [9.17, 15) is 14.7 Å². The van der Waals surface area contributed by atoms with Crippen molar-refractivity contribution in [3.63, 3.8) is 0 Å². The van der Waals surface area contributed by atoms with Crippen LogP contribution in [0.4, 0.5) is 11.8 Å². The van der Waals surface area contributed by atoms with Crippen LogP contribution in [0.2, 0.25) is 0 Å². The molecule has 1 N–H and O–H groups in total. The molecule has 2 aromatic rings. The smallest absolute Gasteiger partial charge is 0.338 e. The van der Waals surface area contributed by atoms with Crippen LogP contribution >= 0.6 is 0 Å². The van der Waals surface area contributed by atoms with E-state index in [0.29, 0.717) is 30.4 Å². The highest BCUT2D eigenvalue weighted by atomic mass is 16.5. The zero-order valence-electron chi connectivity index (χ0n) is 20.0. The summed E-state index contributed by atoms with van der Waals surface area (Å²) in [5.74, 6) is 1.10. The van der Waals surface area contributed by atoms with Gasteiger partial charge in [-0.2, -0.15) is 4.98 Å². The molecule has 5 rings (SSSR count). The molecule has 0 bridgehead atoms. The van der Waals surface area contributed by atoms with Gasteiger partial charge in [0.2, 0.25) is 11.9 Å². The van der Waals surface area contributed by atoms with Crippen molar-refractivity contribution in [1.29, 1.82) is 0 Å². The van der Waals surface area contributed by atoms with Crippen LogP contribution in [0.5, 0.6) is 0 Å². The summed E-state index contributed by atoms with van der Waals surface area (Å²) in [5.41, 5.74) is 2.87. The summed E-state index contributed by atoms with van der Waals surface area (Å²) in [6.45, 7) is 4.89. The van der Waals surface area contributed by atoms with Gasteiger partial charge in [-0.25, -0.2) is 9.78 Å². The monoisotopic (exact) mass is 465 g/mol. The summed E-state index contributed by atoms with van der Waals surface area (Å²) in [4.78, 5) is 39.9. The van der Waals surface area contributed by atoms with Gasteiger partial charge < -0.3 is 19.6 Å². The van der Waals surface area contributed by atoms with E-state index in [1.54, 1.807) is 23.2 Å². The number of rotatable bonds is 5. The van der Waals surface area contributed by atoms with Gasteiger partial charge in [-0.1, -0.05) is 6.07 Å². The van der Waals surface area contributed by atoms with Crippen molar-refractivity contribution in [3.8, 4) is 0 Å². The van der Waals surface area contributed by atoms with Gasteiger partial charge in [0.25, 0.3) is 0 Å². The molecule has 2 saturated heterocycles. The molecule has 34 heavy (non-hydrogen) atoms. The van der Waals surface area contributed by atoms with Crippen molar-refractivity contribution in [1.82, 2.24) is 14.9 Å². The maximum absolute atomic E-state index is 13.4. The molecule has 3 aliphatic rings. The highest BCUT2D eigenvalue weighted by Crippen LogP contribution is 2.43. The number of ether oxygens (including phenoxy) is 1. The quantitative estimate of drug-likeness (QED) is 0.670. The van der Waals surface area contributed by atoms with Crippen molar-refractivity contribution >= 4 is 23.6 Å². The molecule has 1 aromatic heterocycles. The number of hydrogen-bond donors (Lipinski definition) is 1. The van der Waals surface area contributed by atoms with Crippen LogP contribution < -0.4 is 9.80 Å². The first kappa shape index (κ1) is 22.7. The van der Waals surface area contributed by atoms with Crippen LogP contribution in [0.3, 0.4) is 0 Å². The Balaban J connectivity index is 1.23. The molecule has 0 unspecified atom stereocenters. The average Bonchev–Trinajstić information content (AvgIpc) is 3.36. The van der Waals surface area contributed by atoms with E-state index in [-0.39, 0.29) is 23.9 Å². The van der Waals surface area contributed by atoms with Gasteiger partial charge in [-0.05, 0) is 62.5 Å². The SMILES string of the molecule is Cc1c([C@@H](O)CN2CCC3(CC2)CCN(c2ccnc(N(C)C)n2)C3=O)ccc2c1COC2=O. The first-order valence-electron chi connectivity index (χ1n) is 11.8. The molecule has 3 aliphatic heterocycles. The number of piperidine rings is 1. The third-order valence-electron chi connectivity index (χ3n) is 7.63. The number of carbonyl (C=O) groups excluding carboxylic acids is 2. The number of aliphatic hydroxyl groups excluding tert-OH is 1. The molecule has 1 aromatic carbocycles. The van der Waals surface area contributed by atoms with E-state index in [2.05, 4.69) is 14.9 Å². The van der Waals surface area contributed by atoms with E-state index in [4.69, 9.17) is 4.74 Å². The fraction of sp³-hybridized carbons (Fsp3) is 0.520. The van der Waals surface area contributed by atoms with E-state index in [0.717, 1.165) is 49.0 Å². The first-order valence-corrected chi connectivity index (χ1v) is 11.8. The molecule has 1 spiro atoms. The number of aliphatic hydroxyl groups is 1. The predicted octanol–water partition coefficient (Wildman–Crippen LogP) is 2.07. The normalized spacial score (nSPS) is 20.5. The Hall–Kier alpha value is -3.04. The fourth-order valence-corrected chi connectivity index (χ4v) is 5.44. The molecule has 0 radical (unpaired) electrons. The Morgan fingerprint density at radius 2 is 1.88 bits per heavy atom. The Bertz CT molecular complexity index is 1130. The lowest BCUT2D eigenvalue weighted by atomic mass is 9.77. The second-order valence-electron chi connectivity index (χ2n) is 9.79. The fourth-order valence-electron chi connectivity index (χ4n) is 5.44. The minimum absolute atomic E-state index is 0.148. The van der Waals surface area contributed by atoms with E-state index in [1.165, 1.54) is 0 Å². The van der Waals surface area contributed by atoms with Crippen molar-refractivity contribution < 1.29 is 19.4 Å². The maximum atomic E-state index is 13.4. The van der Waals surface area contributed by atoms with Crippen molar-refractivity contribution in [2.24, 2.45) is 5.41 Å². The summed E-state index contributed by atoms with van der Waals surface area (Å²) in [5, 5.41) is 11.0. The topological polar surface area (TPSA) is 99.1 Å². The Labute approximate surface area is 199 Å². The number of benzene rings is 1.